The molecule has 0 aromatic heterocycles. The first kappa shape index (κ1) is 21.0. The van der Waals surface area contributed by atoms with Crippen molar-refractivity contribution in [2.75, 3.05) is 20.8 Å². The van der Waals surface area contributed by atoms with Crippen LogP contribution >= 0.6 is 31.9 Å². The summed E-state index contributed by atoms with van der Waals surface area (Å²) in [5, 5.41) is 0. The fraction of sp³-hybridized carbons (Fsp3) is 0.222. The van der Waals surface area contributed by atoms with Crippen molar-refractivity contribution in [3.63, 3.8) is 0 Å². The second-order valence-electron chi connectivity index (χ2n) is 5.39. The maximum absolute atomic E-state index is 12.2. The zero-order chi connectivity index (χ0) is 20.0. The molecular formula is C18H18Br2N2O5. The Kier molecular flexibility index (Phi) is 7.49. The lowest BCUT2D eigenvalue weighted by molar-refractivity contribution is -0.123. The minimum absolute atomic E-state index is 0.258. The van der Waals surface area contributed by atoms with Crippen molar-refractivity contribution in [3.8, 4) is 17.2 Å². The van der Waals surface area contributed by atoms with E-state index >= 15 is 0 Å². The van der Waals surface area contributed by atoms with E-state index in [2.05, 4.69) is 42.7 Å². The van der Waals surface area contributed by atoms with E-state index in [0.717, 1.165) is 10.0 Å². The molecule has 2 rings (SSSR count). The highest BCUT2D eigenvalue weighted by atomic mass is 79.9. The van der Waals surface area contributed by atoms with Crippen molar-refractivity contribution in [2.45, 2.75) is 6.92 Å². The summed E-state index contributed by atoms with van der Waals surface area (Å²) in [6.07, 6.45) is 0. The summed E-state index contributed by atoms with van der Waals surface area (Å²) in [5.41, 5.74) is 5.90. The van der Waals surface area contributed by atoms with E-state index in [1.54, 1.807) is 18.2 Å². The van der Waals surface area contributed by atoms with Crippen molar-refractivity contribution < 1.29 is 23.8 Å². The minimum atomic E-state index is -0.503. The molecule has 27 heavy (non-hydrogen) atoms. The van der Waals surface area contributed by atoms with Crippen LogP contribution in [0.25, 0.3) is 0 Å². The predicted octanol–water partition coefficient (Wildman–Crippen LogP) is 3.38. The summed E-state index contributed by atoms with van der Waals surface area (Å²) >= 11 is 6.78. The number of benzene rings is 2. The maximum Gasteiger partial charge on any atom is 0.276 e. The van der Waals surface area contributed by atoms with Crippen LogP contribution < -0.4 is 25.1 Å². The number of amides is 2. The van der Waals surface area contributed by atoms with Crippen LogP contribution in [-0.2, 0) is 4.79 Å². The highest BCUT2D eigenvalue weighted by molar-refractivity contribution is 9.11. The van der Waals surface area contributed by atoms with Gasteiger partial charge in [-0.1, -0.05) is 15.9 Å². The molecule has 9 heteroatoms. The zero-order valence-corrected chi connectivity index (χ0v) is 18.1. The third kappa shape index (κ3) is 5.61. The number of carbonyl (C=O) groups is 2. The van der Waals surface area contributed by atoms with Crippen molar-refractivity contribution in [1.82, 2.24) is 10.9 Å². The predicted molar refractivity (Wildman–Crippen MR) is 107 cm³/mol. The lowest BCUT2D eigenvalue weighted by Gasteiger charge is -2.12. The Morgan fingerprint density at radius 2 is 1.63 bits per heavy atom. The topological polar surface area (TPSA) is 85.9 Å². The number of hydrogen-bond acceptors (Lipinski definition) is 5. The van der Waals surface area contributed by atoms with Crippen LogP contribution in [0.15, 0.2) is 39.3 Å². The van der Waals surface area contributed by atoms with Gasteiger partial charge in [0.25, 0.3) is 11.8 Å². The Morgan fingerprint density at radius 1 is 0.926 bits per heavy atom. The van der Waals surface area contributed by atoms with Gasteiger partial charge in [-0.2, -0.15) is 0 Å². The molecule has 2 amide bonds. The largest absolute Gasteiger partial charge is 0.493 e. The third-order valence-electron chi connectivity index (χ3n) is 3.53. The molecule has 0 unspecified atom stereocenters. The van der Waals surface area contributed by atoms with Crippen LogP contribution in [0, 0.1) is 6.92 Å². The number of halogens is 2. The van der Waals surface area contributed by atoms with Gasteiger partial charge in [-0.25, -0.2) is 0 Å². The molecule has 0 heterocycles. The highest BCUT2D eigenvalue weighted by Crippen LogP contribution is 2.31. The van der Waals surface area contributed by atoms with Gasteiger partial charge >= 0.3 is 0 Å². The molecule has 0 bridgehead atoms. The number of rotatable bonds is 6. The van der Waals surface area contributed by atoms with E-state index in [-0.39, 0.29) is 6.61 Å². The number of hydrogen-bond donors (Lipinski definition) is 2. The number of nitrogens with one attached hydrogen (secondary N) is 2. The molecule has 2 aromatic carbocycles. The van der Waals surface area contributed by atoms with Gasteiger partial charge in [0.2, 0.25) is 0 Å². The van der Waals surface area contributed by atoms with Gasteiger partial charge in [-0.15, -0.1) is 0 Å². The molecule has 0 atom stereocenters. The number of aryl methyl sites for hydroxylation is 1. The number of ether oxygens (including phenoxy) is 3. The van der Waals surface area contributed by atoms with Gasteiger partial charge in [0.15, 0.2) is 18.1 Å². The molecular weight excluding hydrogens is 484 g/mol. The molecule has 2 aromatic rings. The van der Waals surface area contributed by atoms with Crippen molar-refractivity contribution >= 4 is 43.7 Å². The molecule has 144 valence electrons. The van der Waals surface area contributed by atoms with Crippen molar-refractivity contribution in [3.05, 3.63) is 50.4 Å². The Hall–Kier alpha value is -2.26. The smallest absolute Gasteiger partial charge is 0.276 e. The van der Waals surface area contributed by atoms with Gasteiger partial charge in [0, 0.05) is 10.0 Å². The van der Waals surface area contributed by atoms with Crippen LogP contribution in [0.1, 0.15) is 15.9 Å². The SMILES string of the molecule is COc1ccc(C(=O)NNC(=O)COc2cc(C)c(Br)cc2Br)cc1OC. The van der Waals surface area contributed by atoms with E-state index in [4.69, 9.17) is 14.2 Å². The standard InChI is InChI=1S/C18H18Br2N2O5/c1-10-6-15(13(20)8-12(10)19)27-9-17(23)21-22-18(24)11-4-5-14(25-2)16(7-11)26-3/h4-8H,9H2,1-3H3,(H,21,23)(H,22,24). The van der Waals surface area contributed by atoms with Gasteiger partial charge in [-0.05, 0) is 58.7 Å². The fourth-order valence-corrected chi connectivity index (χ4v) is 3.21. The zero-order valence-electron chi connectivity index (χ0n) is 14.9. The summed E-state index contributed by atoms with van der Waals surface area (Å²) in [5.74, 6) is 0.440. The second kappa shape index (κ2) is 9.61. The Labute approximate surface area is 173 Å². The molecule has 0 spiro atoms. The van der Waals surface area contributed by atoms with Crippen LogP contribution in [0.5, 0.6) is 17.2 Å². The van der Waals surface area contributed by atoms with Gasteiger partial charge in [0.05, 0.1) is 18.7 Å². The molecule has 0 fully saturated rings. The first-order valence-electron chi connectivity index (χ1n) is 7.75. The Morgan fingerprint density at radius 3 is 2.30 bits per heavy atom. The maximum atomic E-state index is 12.2. The Balaban J connectivity index is 1.90. The number of carbonyl (C=O) groups excluding carboxylic acids is 2. The summed E-state index contributed by atoms with van der Waals surface area (Å²) in [4.78, 5) is 24.1. The molecule has 7 nitrogen and oxygen atoms in total. The van der Waals surface area contributed by atoms with Crippen molar-refractivity contribution in [2.24, 2.45) is 0 Å². The summed E-state index contributed by atoms with van der Waals surface area (Å²) < 4.78 is 17.4. The summed E-state index contributed by atoms with van der Waals surface area (Å²) in [7, 11) is 2.98. The fourth-order valence-electron chi connectivity index (χ4n) is 2.10. The molecule has 0 saturated carbocycles. The summed E-state index contributed by atoms with van der Waals surface area (Å²) in [6, 6.07) is 8.30. The molecule has 0 aliphatic heterocycles. The van der Waals surface area contributed by atoms with Crippen LogP contribution in [0.2, 0.25) is 0 Å². The van der Waals surface area contributed by atoms with Gasteiger partial charge < -0.3 is 14.2 Å². The van der Waals surface area contributed by atoms with E-state index < -0.39 is 11.8 Å². The third-order valence-corrected chi connectivity index (χ3v) is 5.01. The lowest BCUT2D eigenvalue weighted by Crippen LogP contribution is -2.43. The lowest BCUT2D eigenvalue weighted by atomic mass is 10.2. The van der Waals surface area contributed by atoms with Crippen molar-refractivity contribution in [1.29, 1.82) is 0 Å². The first-order chi connectivity index (χ1) is 12.8. The van der Waals surface area contributed by atoms with E-state index in [1.165, 1.54) is 20.3 Å². The number of methoxy groups -OCH3 is 2. The molecule has 0 aliphatic rings. The number of hydrazine groups is 1. The van der Waals surface area contributed by atoms with E-state index in [0.29, 0.717) is 27.3 Å². The van der Waals surface area contributed by atoms with Crippen LogP contribution in [-0.4, -0.2) is 32.6 Å². The van der Waals surface area contributed by atoms with Gasteiger partial charge in [0.1, 0.15) is 5.75 Å². The van der Waals surface area contributed by atoms with E-state index in [9.17, 15) is 9.59 Å². The van der Waals surface area contributed by atoms with Crippen LogP contribution in [0.3, 0.4) is 0 Å². The first-order valence-corrected chi connectivity index (χ1v) is 9.34. The van der Waals surface area contributed by atoms with Crippen LogP contribution in [0.4, 0.5) is 0 Å². The average Bonchev–Trinajstić information content (AvgIpc) is 2.67. The average molecular weight is 502 g/mol. The molecule has 0 radical (unpaired) electrons. The Bertz CT molecular complexity index is 858. The van der Waals surface area contributed by atoms with E-state index in [1.807, 2.05) is 13.0 Å². The molecule has 0 aliphatic carbocycles. The summed E-state index contributed by atoms with van der Waals surface area (Å²) in [6.45, 7) is 1.65. The minimum Gasteiger partial charge on any atom is -0.493 e. The molecule has 2 N–H and O–H groups in total. The molecule has 0 saturated heterocycles. The normalized spacial score (nSPS) is 10.1. The second-order valence-corrected chi connectivity index (χ2v) is 7.10. The van der Waals surface area contributed by atoms with Gasteiger partial charge in [-0.3, -0.25) is 20.4 Å². The highest BCUT2D eigenvalue weighted by Gasteiger charge is 2.12. The quantitative estimate of drug-likeness (QED) is 0.592. The monoisotopic (exact) mass is 500 g/mol.